The molecule has 0 aromatic heterocycles. The van der Waals surface area contributed by atoms with Crippen LogP contribution in [-0.4, -0.2) is 84.7 Å². The third-order valence-electron chi connectivity index (χ3n) is 3.11. The normalized spacial score (nSPS) is 18.4. The molecule has 0 radical (unpaired) electrons. The molecule has 0 aromatic carbocycles. The monoisotopic (exact) mass is 257 g/mol. The summed E-state index contributed by atoms with van der Waals surface area (Å²) in [5, 5.41) is 9.76. The largest absolute Gasteiger partial charge is 0.389 e. The first kappa shape index (κ1) is 15.4. The summed E-state index contributed by atoms with van der Waals surface area (Å²) in [4.78, 5) is 18.1. The van der Waals surface area contributed by atoms with Gasteiger partial charge in [0.25, 0.3) is 0 Å². The Morgan fingerprint density at radius 1 is 1.22 bits per heavy atom. The van der Waals surface area contributed by atoms with E-state index in [0.717, 1.165) is 32.7 Å². The van der Waals surface area contributed by atoms with Gasteiger partial charge in [0, 0.05) is 45.7 Å². The predicted molar refractivity (Wildman–Crippen MR) is 72.5 cm³/mol. The lowest BCUT2D eigenvalue weighted by Crippen LogP contribution is -2.52. The van der Waals surface area contributed by atoms with E-state index in [9.17, 15) is 9.90 Å². The highest BCUT2D eigenvalue weighted by atomic mass is 16.3. The van der Waals surface area contributed by atoms with Crippen molar-refractivity contribution >= 4 is 5.91 Å². The molecule has 106 valence electrons. The molecule has 0 bridgehead atoms. The molecule has 0 aliphatic carbocycles. The third-order valence-corrected chi connectivity index (χ3v) is 3.11. The van der Waals surface area contributed by atoms with Crippen LogP contribution in [0.5, 0.6) is 0 Å². The minimum Gasteiger partial charge on any atom is -0.389 e. The number of amides is 1. The summed E-state index contributed by atoms with van der Waals surface area (Å²) < 4.78 is 0. The molecule has 1 amide bonds. The molecule has 0 aromatic rings. The van der Waals surface area contributed by atoms with E-state index in [2.05, 4.69) is 4.90 Å². The fourth-order valence-electron chi connectivity index (χ4n) is 2.18. The number of piperazine rings is 1. The van der Waals surface area contributed by atoms with E-state index in [1.54, 1.807) is 0 Å². The zero-order valence-corrected chi connectivity index (χ0v) is 12.1. The number of rotatable bonds is 5. The fraction of sp³-hybridized carbons (Fsp3) is 0.923. The molecule has 1 heterocycles. The summed E-state index contributed by atoms with van der Waals surface area (Å²) in [5.41, 5.74) is -0.656. The Labute approximate surface area is 110 Å². The van der Waals surface area contributed by atoms with Crippen LogP contribution >= 0.6 is 0 Å². The van der Waals surface area contributed by atoms with E-state index < -0.39 is 5.60 Å². The van der Waals surface area contributed by atoms with Crippen molar-refractivity contribution in [3.63, 3.8) is 0 Å². The summed E-state index contributed by atoms with van der Waals surface area (Å²) in [6.07, 6.45) is 0.596. The molecule has 0 spiro atoms. The molecule has 0 unspecified atom stereocenters. The topological polar surface area (TPSA) is 47.0 Å². The molecule has 5 heteroatoms. The van der Waals surface area contributed by atoms with Gasteiger partial charge in [-0.3, -0.25) is 9.69 Å². The molecule has 0 saturated carbocycles. The van der Waals surface area contributed by atoms with E-state index in [4.69, 9.17) is 0 Å². The molecule has 1 saturated heterocycles. The highest BCUT2D eigenvalue weighted by molar-refractivity contribution is 5.76. The first-order valence-corrected chi connectivity index (χ1v) is 6.65. The average molecular weight is 257 g/mol. The first-order valence-electron chi connectivity index (χ1n) is 6.65. The van der Waals surface area contributed by atoms with Gasteiger partial charge >= 0.3 is 0 Å². The Bertz CT molecular complexity index is 266. The molecule has 1 aliphatic heterocycles. The molecule has 1 N–H and O–H groups in total. The number of carbonyl (C=O) groups excluding carboxylic acids is 1. The average Bonchev–Trinajstić information content (AvgIpc) is 2.24. The number of β-amino-alcohol motifs (C(OH)–C–C–N with tert-alkyl or cyclic N) is 1. The van der Waals surface area contributed by atoms with Crippen molar-refractivity contribution in [3.8, 4) is 0 Å². The fourth-order valence-corrected chi connectivity index (χ4v) is 2.18. The standard InChI is InChI=1S/C13H27N3O2/c1-13(2,18)11-15-7-9-16(10-8-15)12(17)5-6-14(3)4/h18H,5-11H2,1-4H3. The van der Waals surface area contributed by atoms with Crippen LogP contribution in [0, 0.1) is 0 Å². The smallest absolute Gasteiger partial charge is 0.223 e. The van der Waals surface area contributed by atoms with Crippen molar-refractivity contribution in [2.45, 2.75) is 25.9 Å². The number of aliphatic hydroxyl groups is 1. The van der Waals surface area contributed by atoms with Crippen molar-refractivity contribution in [2.24, 2.45) is 0 Å². The number of nitrogens with zero attached hydrogens (tertiary/aromatic N) is 3. The summed E-state index contributed by atoms with van der Waals surface area (Å²) >= 11 is 0. The summed E-state index contributed by atoms with van der Waals surface area (Å²) in [5.74, 6) is 0.242. The molecule has 1 fully saturated rings. The molecular formula is C13H27N3O2. The van der Waals surface area contributed by atoms with Gasteiger partial charge in [-0.1, -0.05) is 0 Å². The van der Waals surface area contributed by atoms with Crippen molar-refractivity contribution in [1.82, 2.24) is 14.7 Å². The predicted octanol–water partition coefficient (Wildman–Crippen LogP) is -0.147. The quantitative estimate of drug-likeness (QED) is 0.744. The van der Waals surface area contributed by atoms with Crippen LogP contribution < -0.4 is 0 Å². The lowest BCUT2D eigenvalue weighted by atomic mass is 10.1. The van der Waals surface area contributed by atoms with Crippen molar-refractivity contribution in [1.29, 1.82) is 0 Å². The maximum absolute atomic E-state index is 11.9. The van der Waals surface area contributed by atoms with Crippen LogP contribution in [0.3, 0.4) is 0 Å². The molecule has 5 nitrogen and oxygen atoms in total. The summed E-state index contributed by atoms with van der Waals surface area (Å²) in [6.45, 7) is 8.40. The Balaban J connectivity index is 2.28. The van der Waals surface area contributed by atoms with Crippen LogP contribution in [0.25, 0.3) is 0 Å². The van der Waals surface area contributed by atoms with Crippen LogP contribution in [0.1, 0.15) is 20.3 Å². The van der Waals surface area contributed by atoms with Gasteiger partial charge in [0.15, 0.2) is 0 Å². The van der Waals surface area contributed by atoms with Gasteiger partial charge in [-0.15, -0.1) is 0 Å². The lowest BCUT2D eigenvalue weighted by Gasteiger charge is -2.37. The minimum absolute atomic E-state index is 0.242. The second kappa shape index (κ2) is 6.50. The van der Waals surface area contributed by atoms with Gasteiger partial charge in [-0.2, -0.15) is 0 Å². The molecule has 1 aliphatic rings. The van der Waals surface area contributed by atoms with E-state index >= 15 is 0 Å². The van der Waals surface area contributed by atoms with E-state index in [1.807, 2.05) is 37.7 Å². The van der Waals surface area contributed by atoms with Crippen molar-refractivity contribution < 1.29 is 9.90 Å². The third kappa shape index (κ3) is 5.80. The number of carbonyl (C=O) groups is 1. The van der Waals surface area contributed by atoms with Gasteiger partial charge in [0.1, 0.15) is 0 Å². The Morgan fingerprint density at radius 2 is 1.78 bits per heavy atom. The highest BCUT2D eigenvalue weighted by Crippen LogP contribution is 2.09. The maximum Gasteiger partial charge on any atom is 0.223 e. The van der Waals surface area contributed by atoms with E-state index in [1.165, 1.54) is 0 Å². The Hall–Kier alpha value is -0.650. The lowest BCUT2D eigenvalue weighted by molar-refractivity contribution is -0.133. The molecule has 0 atom stereocenters. The number of hydrogen-bond acceptors (Lipinski definition) is 4. The second-order valence-corrected chi connectivity index (χ2v) is 6.02. The van der Waals surface area contributed by atoms with Crippen LogP contribution in [0.15, 0.2) is 0 Å². The SMILES string of the molecule is CN(C)CCC(=O)N1CCN(CC(C)(C)O)CC1. The van der Waals surface area contributed by atoms with Crippen LogP contribution in [0.4, 0.5) is 0 Å². The Kier molecular flexibility index (Phi) is 5.56. The molecule has 1 rings (SSSR count). The van der Waals surface area contributed by atoms with Crippen LogP contribution in [-0.2, 0) is 4.79 Å². The number of hydrogen-bond donors (Lipinski definition) is 1. The maximum atomic E-state index is 11.9. The Morgan fingerprint density at radius 3 is 2.22 bits per heavy atom. The van der Waals surface area contributed by atoms with Crippen LogP contribution in [0.2, 0.25) is 0 Å². The van der Waals surface area contributed by atoms with Gasteiger partial charge in [0.2, 0.25) is 5.91 Å². The highest BCUT2D eigenvalue weighted by Gasteiger charge is 2.24. The van der Waals surface area contributed by atoms with E-state index in [-0.39, 0.29) is 5.91 Å². The zero-order valence-electron chi connectivity index (χ0n) is 12.1. The second-order valence-electron chi connectivity index (χ2n) is 6.02. The summed E-state index contributed by atoms with van der Waals surface area (Å²) in [7, 11) is 3.96. The van der Waals surface area contributed by atoms with Gasteiger partial charge in [0.05, 0.1) is 5.60 Å². The van der Waals surface area contributed by atoms with Gasteiger partial charge in [-0.05, 0) is 27.9 Å². The first-order chi connectivity index (χ1) is 8.28. The minimum atomic E-state index is -0.656. The zero-order chi connectivity index (χ0) is 13.8. The molecule has 18 heavy (non-hydrogen) atoms. The van der Waals surface area contributed by atoms with Gasteiger partial charge < -0.3 is 14.9 Å². The van der Waals surface area contributed by atoms with Crippen molar-refractivity contribution in [3.05, 3.63) is 0 Å². The van der Waals surface area contributed by atoms with Crippen molar-refractivity contribution in [2.75, 3.05) is 53.4 Å². The molecular weight excluding hydrogens is 230 g/mol. The van der Waals surface area contributed by atoms with E-state index in [0.29, 0.717) is 13.0 Å². The summed E-state index contributed by atoms with van der Waals surface area (Å²) in [6, 6.07) is 0. The van der Waals surface area contributed by atoms with Gasteiger partial charge in [-0.25, -0.2) is 0 Å².